The number of benzene rings is 7. The second-order valence-electron chi connectivity index (χ2n) is 10.5. The lowest BCUT2D eigenvalue weighted by Gasteiger charge is -2.18. The fourth-order valence-corrected chi connectivity index (χ4v) is 6.27. The summed E-state index contributed by atoms with van der Waals surface area (Å²) in [6.45, 7) is 4.39. The first-order valence-electron chi connectivity index (χ1n) is 14.0. The van der Waals surface area contributed by atoms with Gasteiger partial charge in [-0.25, -0.2) is 0 Å². The van der Waals surface area contributed by atoms with E-state index in [-0.39, 0.29) is 0 Å². The summed E-state index contributed by atoms with van der Waals surface area (Å²) in [5.41, 5.74) is 7.63. The molecule has 0 nitrogen and oxygen atoms in total. The van der Waals surface area contributed by atoms with Crippen LogP contribution in [-0.4, -0.2) is 0 Å². The molecular formula is C40H30. The van der Waals surface area contributed by atoms with Gasteiger partial charge in [0.25, 0.3) is 0 Å². The minimum Gasteiger partial charge on any atom is -0.0798 e. The maximum atomic E-state index is 2.29. The van der Waals surface area contributed by atoms with Crippen molar-refractivity contribution in [2.45, 2.75) is 13.8 Å². The summed E-state index contributed by atoms with van der Waals surface area (Å²) >= 11 is 0. The Balaban J connectivity index is 1.47. The third-order valence-corrected chi connectivity index (χ3v) is 8.24. The minimum atomic E-state index is 1.23. The first kappa shape index (κ1) is 24.1. The van der Waals surface area contributed by atoms with Gasteiger partial charge in [-0.3, -0.25) is 0 Å². The van der Waals surface area contributed by atoms with E-state index in [1.807, 2.05) is 0 Å². The zero-order chi connectivity index (χ0) is 27.1. The smallest absolute Gasteiger partial charge is 0.00264 e. The van der Waals surface area contributed by atoms with Crippen LogP contribution in [0.15, 0.2) is 140 Å². The topological polar surface area (TPSA) is 0 Å². The molecule has 0 fully saturated rings. The fraction of sp³-hybridized carbons (Fsp3) is 0.0500. The molecule has 0 spiro atoms. The summed E-state index contributed by atoms with van der Waals surface area (Å²) in [4.78, 5) is 0. The first-order chi connectivity index (χ1) is 19.7. The van der Waals surface area contributed by atoms with Crippen molar-refractivity contribution < 1.29 is 0 Å². The highest BCUT2D eigenvalue weighted by atomic mass is 14.2. The number of fused-ring (bicyclic) bond motifs is 3. The van der Waals surface area contributed by atoms with Crippen molar-refractivity contribution in [2.24, 2.45) is 0 Å². The Morgan fingerprint density at radius 2 is 1.00 bits per heavy atom. The molecule has 0 aromatic heterocycles. The molecule has 0 bridgehead atoms. The van der Waals surface area contributed by atoms with Crippen molar-refractivity contribution >= 4 is 44.0 Å². The molecule has 0 radical (unpaired) electrons. The van der Waals surface area contributed by atoms with Gasteiger partial charge in [-0.1, -0.05) is 140 Å². The molecule has 7 aromatic rings. The quantitative estimate of drug-likeness (QED) is 0.208. The van der Waals surface area contributed by atoms with Crippen LogP contribution in [0.25, 0.3) is 66.2 Å². The van der Waals surface area contributed by atoms with Crippen LogP contribution in [0.4, 0.5) is 0 Å². The zero-order valence-corrected chi connectivity index (χ0v) is 22.9. The Kier molecular flexibility index (Phi) is 6.02. The summed E-state index contributed by atoms with van der Waals surface area (Å²) < 4.78 is 0. The van der Waals surface area contributed by atoms with Gasteiger partial charge in [0.05, 0.1) is 0 Å². The van der Waals surface area contributed by atoms with Crippen LogP contribution in [0.3, 0.4) is 0 Å². The highest BCUT2D eigenvalue weighted by molar-refractivity contribution is 6.18. The highest BCUT2D eigenvalue weighted by Gasteiger charge is 2.16. The molecule has 190 valence electrons. The maximum Gasteiger partial charge on any atom is -0.00264 e. The zero-order valence-electron chi connectivity index (χ0n) is 22.9. The molecule has 40 heavy (non-hydrogen) atoms. The van der Waals surface area contributed by atoms with Gasteiger partial charge in [0.15, 0.2) is 0 Å². The molecule has 0 aliphatic carbocycles. The SMILES string of the molecule is C/C=c1/cccc/c1=C(/C)c1c2ccccc2c(-c2ccc(-c3ccc4ccccc4c3)cc2)c2ccccc12. The van der Waals surface area contributed by atoms with E-state index in [0.717, 1.165) is 0 Å². The summed E-state index contributed by atoms with van der Waals surface area (Å²) in [7, 11) is 0. The standard InChI is InChI=1S/C40H30/c1-3-28-12-6-7-15-34(28)27(2)39-35-16-8-10-18-37(35)40(38-19-11-9-17-36(38)39)31-23-20-30(21-24-31)33-25-22-29-13-4-5-14-32(29)26-33/h3-26H,1-2H3/b28-3-,34-27+. The lowest BCUT2D eigenvalue weighted by molar-refractivity contribution is 1.45. The third kappa shape index (κ3) is 4.01. The monoisotopic (exact) mass is 510 g/mol. The van der Waals surface area contributed by atoms with Gasteiger partial charge in [-0.05, 0) is 96.1 Å². The van der Waals surface area contributed by atoms with Crippen molar-refractivity contribution in [3.8, 4) is 22.3 Å². The molecule has 0 heterocycles. The molecule has 0 atom stereocenters. The van der Waals surface area contributed by atoms with Crippen molar-refractivity contribution in [3.05, 3.63) is 156 Å². The van der Waals surface area contributed by atoms with E-state index in [9.17, 15) is 0 Å². The van der Waals surface area contributed by atoms with E-state index in [0.29, 0.717) is 0 Å². The second-order valence-corrected chi connectivity index (χ2v) is 10.5. The van der Waals surface area contributed by atoms with E-state index in [2.05, 4.69) is 159 Å². The van der Waals surface area contributed by atoms with Crippen molar-refractivity contribution in [3.63, 3.8) is 0 Å². The van der Waals surface area contributed by atoms with Crippen LogP contribution < -0.4 is 10.4 Å². The molecule has 0 aliphatic rings. The Hall–Kier alpha value is -4.94. The van der Waals surface area contributed by atoms with E-state index in [4.69, 9.17) is 0 Å². The Morgan fingerprint density at radius 1 is 0.475 bits per heavy atom. The van der Waals surface area contributed by atoms with Crippen LogP contribution in [-0.2, 0) is 0 Å². The summed E-state index contributed by atoms with van der Waals surface area (Å²) in [6.07, 6.45) is 2.20. The Labute approximate surface area is 235 Å². The van der Waals surface area contributed by atoms with E-state index >= 15 is 0 Å². The highest BCUT2D eigenvalue weighted by Crippen LogP contribution is 2.41. The number of hydrogen-bond donors (Lipinski definition) is 0. The maximum absolute atomic E-state index is 2.29. The second kappa shape index (κ2) is 9.98. The van der Waals surface area contributed by atoms with Gasteiger partial charge in [0, 0.05) is 0 Å². The molecule has 0 unspecified atom stereocenters. The average molecular weight is 511 g/mol. The summed E-state index contributed by atoms with van der Waals surface area (Å²) in [5.74, 6) is 0. The molecule has 7 rings (SSSR count). The molecule has 0 heteroatoms. The van der Waals surface area contributed by atoms with Gasteiger partial charge >= 0.3 is 0 Å². The van der Waals surface area contributed by atoms with Crippen LogP contribution >= 0.6 is 0 Å². The molecule has 0 saturated carbocycles. The summed E-state index contributed by atoms with van der Waals surface area (Å²) in [6, 6.07) is 50.9. The molecular weight excluding hydrogens is 480 g/mol. The van der Waals surface area contributed by atoms with Crippen LogP contribution in [0.1, 0.15) is 19.4 Å². The van der Waals surface area contributed by atoms with Crippen LogP contribution in [0.5, 0.6) is 0 Å². The number of rotatable bonds is 3. The largest absolute Gasteiger partial charge is 0.0798 e. The lowest BCUT2D eigenvalue weighted by atomic mass is 9.85. The fourth-order valence-electron chi connectivity index (χ4n) is 6.27. The molecule has 0 aliphatic heterocycles. The summed E-state index contributed by atoms with van der Waals surface area (Å²) in [5, 5.41) is 10.2. The van der Waals surface area contributed by atoms with Gasteiger partial charge in [-0.2, -0.15) is 0 Å². The third-order valence-electron chi connectivity index (χ3n) is 8.24. The molecule has 0 saturated heterocycles. The average Bonchev–Trinajstić information content (AvgIpc) is 3.03. The Bertz CT molecular complexity index is 2110. The van der Waals surface area contributed by atoms with Gasteiger partial charge < -0.3 is 0 Å². The lowest BCUT2D eigenvalue weighted by Crippen LogP contribution is -2.25. The van der Waals surface area contributed by atoms with E-state index < -0.39 is 0 Å². The predicted octanol–water partition coefficient (Wildman–Crippen LogP) is 9.50. The van der Waals surface area contributed by atoms with Crippen LogP contribution in [0.2, 0.25) is 0 Å². The van der Waals surface area contributed by atoms with Crippen molar-refractivity contribution in [1.82, 2.24) is 0 Å². The predicted molar refractivity (Wildman–Crippen MR) is 174 cm³/mol. The normalized spacial score (nSPS) is 12.8. The molecule has 0 N–H and O–H groups in total. The first-order valence-corrected chi connectivity index (χ1v) is 14.0. The van der Waals surface area contributed by atoms with Crippen molar-refractivity contribution in [1.29, 1.82) is 0 Å². The minimum absolute atomic E-state index is 1.23. The Morgan fingerprint density at radius 3 is 1.68 bits per heavy atom. The van der Waals surface area contributed by atoms with E-state index in [1.54, 1.807) is 0 Å². The molecule has 7 aromatic carbocycles. The number of hydrogen-bond acceptors (Lipinski definition) is 0. The van der Waals surface area contributed by atoms with Gasteiger partial charge in [0.1, 0.15) is 0 Å². The molecule has 0 amide bonds. The van der Waals surface area contributed by atoms with Gasteiger partial charge in [0.2, 0.25) is 0 Å². The van der Waals surface area contributed by atoms with Crippen molar-refractivity contribution in [2.75, 3.05) is 0 Å². The van der Waals surface area contributed by atoms with Crippen LogP contribution in [0, 0.1) is 0 Å². The van der Waals surface area contributed by atoms with E-state index in [1.165, 1.54) is 76.1 Å². The van der Waals surface area contributed by atoms with Gasteiger partial charge in [-0.15, -0.1) is 0 Å².